The summed E-state index contributed by atoms with van der Waals surface area (Å²) in [4.78, 5) is 8.91. The van der Waals surface area contributed by atoms with E-state index in [1.165, 1.54) is 11.3 Å². The van der Waals surface area contributed by atoms with E-state index >= 15 is 0 Å². The van der Waals surface area contributed by atoms with E-state index in [9.17, 15) is 5.02 Å². The van der Waals surface area contributed by atoms with Crippen LogP contribution in [0.25, 0.3) is 11.0 Å². The van der Waals surface area contributed by atoms with E-state index < -0.39 is 7.12 Å². The lowest BCUT2D eigenvalue weighted by molar-refractivity contribution is -0.108. The van der Waals surface area contributed by atoms with Crippen molar-refractivity contribution in [2.45, 2.75) is 29.8 Å². The summed E-state index contributed by atoms with van der Waals surface area (Å²) < 4.78 is 8.63. The number of hydrogen-bond acceptors (Lipinski definition) is 5. The largest absolute Gasteiger partial charge is 0.493 e. The van der Waals surface area contributed by atoms with Crippen LogP contribution < -0.4 is 5.46 Å². The molecule has 0 atom stereocenters. The molecule has 2 spiro atoms. The van der Waals surface area contributed by atoms with Crippen molar-refractivity contribution in [2.24, 2.45) is 5.41 Å². The second kappa shape index (κ2) is 5.61. The van der Waals surface area contributed by atoms with Crippen molar-refractivity contribution in [1.82, 2.24) is 14.3 Å². The summed E-state index contributed by atoms with van der Waals surface area (Å²) in [5.41, 5.74) is 2.80. The van der Waals surface area contributed by atoms with Crippen LogP contribution in [0.5, 0.6) is 0 Å². The Hall–Kier alpha value is -1.80. The second-order valence-corrected chi connectivity index (χ2v) is 9.33. The summed E-state index contributed by atoms with van der Waals surface area (Å²) in [6, 6.07) is 12.6. The van der Waals surface area contributed by atoms with Gasteiger partial charge in [0.05, 0.1) is 5.60 Å². The van der Waals surface area contributed by atoms with Gasteiger partial charge in [0.2, 0.25) is 0 Å². The van der Waals surface area contributed by atoms with Gasteiger partial charge in [-0.25, -0.2) is 9.29 Å². The Labute approximate surface area is 162 Å². The molecule has 1 aliphatic carbocycles. The predicted octanol–water partition coefficient (Wildman–Crippen LogP) is 2.67. The average Bonchev–Trinajstić information content (AvgIpc) is 3.33. The van der Waals surface area contributed by atoms with Crippen molar-refractivity contribution < 1.29 is 9.68 Å². The molecule has 3 aromatic rings. The van der Waals surface area contributed by atoms with Crippen molar-refractivity contribution >= 4 is 35.6 Å². The molecule has 2 aliphatic heterocycles. The Bertz CT molecular complexity index is 1020. The Morgan fingerprint density at radius 3 is 2.93 bits per heavy atom. The smallest absolute Gasteiger partial charge is 0.423 e. The minimum absolute atomic E-state index is 0.287. The van der Waals surface area contributed by atoms with E-state index in [4.69, 9.17) is 4.65 Å². The van der Waals surface area contributed by atoms with Crippen molar-refractivity contribution in [3.8, 4) is 0 Å². The maximum Gasteiger partial charge on any atom is 0.493 e. The highest BCUT2D eigenvalue weighted by molar-refractivity contribution is 7.97. The molecule has 2 aromatic heterocycles. The average molecular weight is 377 g/mol. The van der Waals surface area contributed by atoms with Gasteiger partial charge in [-0.15, -0.1) is 0 Å². The molecule has 3 aliphatic rings. The molecule has 0 bridgehead atoms. The lowest BCUT2D eigenvalue weighted by atomic mass is 9.56. The number of rotatable bonds is 2. The molecule has 7 heteroatoms. The van der Waals surface area contributed by atoms with Crippen LogP contribution in [-0.2, 0) is 10.3 Å². The van der Waals surface area contributed by atoms with E-state index in [-0.39, 0.29) is 11.0 Å². The highest BCUT2D eigenvalue weighted by atomic mass is 32.2. The first-order valence-electron chi connectivity index (χ1n) is 9.47. The molecule has 0 amide bonds. The van der Waals surface area contributed by atoms with Gasteiger partial charge >= 0.3 is 7.12 Å². The molecular weight excluding hydrogens is 357 g/mol. The highest BCUT2D eigenvalue weighted by Crippen LogP contribution is 2.63. The monoisotopic (exact) mass is 377 g/mol. The zero-order valence-electron chi connectivity index (χ0n) is 14.9. The highest BCUT2D eigenvalue weighted by Gasteiger charge is 2.63. The van der Waals surface area contributed by atoms with Crippen molar-refractivity contribution in [2.75, 3.05) is 13.1 Å². The molecule has 27 heavy (non-hydrogen) atoms. The van der Waals surface area contributed by atoms with Gasteiger partial charge in [0, 0.05) is 41.2 Å². The zero-order chi connectivity index (χ0) is 18.1. The minimum Gasteiger partial charge on any atom is -0.423 e. The molecule has 136 valence electrons. The Morgan fingerprint density at radius 2 is 2.07 bits per heavy atom. The van der Waals surface area contributed by atoms with Crippen LogP contribution in [0.1, 0.15) is 24.8 Å². The van der Waals surface area contributed by atoms with Crippen LogP contribution >= 0.6 is 11.9 Å². The van der Waals surface area contributed by atoms with E-state index in [1.54, 1.807) is 6.20 Å². The first-order chi connectivity index (χ1) is 13.2. The molecular formula is C20H20BN3O2S. The zero-order valence-corrected chi connectivity index (χ0v) is 15.7. The van der Waals surface area contributed by atoms with E-state index in [2.05, 4.69) is 50.7 Å². The predicted molar refractivity (Wildman–Crippen MR) is 107 cm³/mol. The summed E-state index contributed by atoms with van der Waals surface area (Å²) in [7, 11) is -0.861. The van der Waals surface area contributed by atoms with Crippen LogP contribution in [0.3, 0.4) is 0 Å². The van der Waals surface area contributed by atoms with Gasteiger partial charge in [-0.2, -0.15) is 0 Å². The second-order valence-electron chi connectivity index (χ2n) is 8.16. The van der Waals surface area contributed by atoms with Crippen LogP contribution in [-0.4, -0.2) is 39.5 Å². The number of benzene rings is 1. The lowest BCUT2D eigenvalue weighted by Crippen LogP contribution is -2.51. The molecule has 1 saturated heterocycles. The number of nitrogens with one attached hydrogen (secondary N) is 1. The molecule has 0 unspecified atom stereocenters. The molecule has 5 nitrogen and oxygen atoms in total. The molecule has 1 saturated carbocycles. The van der Waals surface area contributed by atoms with Crippen molar-refractivity contribution in [3.05, 3.63) is 54.4 Å². The third-order valence-corrected chi connectivity index (χ3v) is 7.43. The van der Waals surface area contributed by atoms with Crippen LogP contribution in [0.15, 0.2) is 53.7 Å². The third-order valence-electron chi connectivity index (χ3n) is 6.38. The fourth-order valence-electron chi connectivity index (χ4n) is 5.37. The number of hydrogen-bond donors (Lipinski definition) is 2. The maximum absolute atomic E-state index is 10.5. The first-order valence-corrected chi connectivity index (χ1v) is 10.2. The van der Waals surface area contributed by atoms with Crippen molar-refractivity contribution in [1.29, 1.82) is 0 Å². The Balaban J connectivity index is 1.26. The minimum atomic E-state index is -0.861. The number of aromatic amines is 1. The van der Waals surface area contributed by atoms with Crippen LogP contribution in [0.4, 0.5) is 0 Å². The lowest BCUT2D eigenvalue weighted by Gasteiger charge is -2.53. The van der Waals surface area contributed by atoms with E-state index in [1.807, 2.05) is 18.1 Å². The summed E-state index contributed by atoms with van der Waals surface area (Å²) in [6.45, 7) is 2.17. The molecule has 2 fully saturated rings. The summed E-state index contributed by atoms with van der Waals surface area (Å²) in [5.74, 6) is 0. The number of aromatic nitrogens is 2. The van der Waals surface area contributed by atoms with Gasteiger partial charge in [0.15, 0.2) is 0 Å². The fraction of sp³-hybridized carbons (Fsp3) is 0.350. The SMILES string of the molecule is OB1OC2(CC3(CCN(Sc4ccccc4)C3)C2)c2c1cnc1[nH]ccc21. The molecule has 1 aromatic carbocycles. The van der Waals surface area contributed by atoms with Crippen LogP contribution in [0.2, 0.25) is 0 Å². The summed E-state index contributed by atoms with van der Waals surface area (Å²) in [6.07, 6.45) is 6.81. The molecule has 4 heterocycles. The van der Waals surface area contributed by atoms with Crippen LogP contribution in [0, 0.1) is 5.41 Å². The maximum atomic E-state index is 10.5. The summed E-state index contributed by atoms with van der Waals surface area (Å²) in [5, 5.41) is 11.6. The number of fused-ring (bicyclic) bond motifs is 4. The van der Waals surface area contributed by atoms with Gasteiger partial charge in [-0.3, -0.25) is 0 Å². The van der Waals surface area contributed by atoms with Gasteiger partial charge in [-0.1, -0.05) is 18.2 Å². The fourth-order valence-corrected chi connectivity index (χ4v) is 6.46. The van der Waals surface area contributed by atoms with Gasteiger partial charge in [0.1, 0.15) is 5.65 Å². The Kier molecular flexibility index (Phi) is 3.36. The Morgan fingerprint density at radius 1 is 1.22 bits per heavy atom. The van der Waals surface area contributed by atoms with Gasteiger partial charge in [0.25, 0.3) is 0 Å². The number of H-pyrrole nitrogens is 1. The number of nitrogens with zero attached hydrogens (tertiary/aromatic N) is 2. The normalized spacial score (nSPS) is 29.7. The van der Waals surface area contributed by atoms with Gasteiger partial charge in [-0.05, 0) is 60.4 Å². The topological polar surface area (TPSA) is 61.4 Å². The summed E-state index contributed by atoms with van der Waals surface area (Å²) >= 11 is 1.85. The molecule has 2 N–H and O–H groups in total. The third kappa shape index (κ3) is 2.35. The quantitative estimate of drug-likeness (QED) is 0.531. The standard InChI is InChI=1S/C20H20BN3O2S/c25-21-16-10-23-18-15(6-8-22-18)17(16)20(26-21)11-19(12-20)7-9-24(13-19)27-14-4-2-1-3-5-14/h1-6,8,10,25H,7,9,11-13H2,(H,22,23). The van der Waals surface area contributed by atoms with E-state index in [0.717, 1.165) is 48.0 Å². The van der Waals surface area contributed by atoms with E-state index in [0.29, 0.717) is 0 Å². The molecule has 6 rings (SSSR count). The first kappa shape index (κ1) is 16.2. The van der Waals surface area contributed by atoms with Crippen molar-refractivity contribution in [3.63, 3.8) is 0 Å². The van der Waals surface area contributed by atoms with Gasteiger partial charge < -0.3 is 14.7 Å². The number of pyridine rings is 1. The molecule has 0 radical (unpaired) electrons.